The van der Waals surface area contributed by atoms with Crippen molar-refractivity contribution in [2.75, 3.05) is 18.0 Å². The molecule has 2 atom stereocenters. The van der Waals surface area contributed by atoms with Gasteiger partial charge >= 0.3 is 6.18 Å². The largest absolute Gasteiger partial charge is 0.416 e. The van der Waals surface area contributed by atoms with Gasteiger partial charge in [0.05, 0.1) is 36.1 Å². The van der Waals surface area contributed by atoms with Crippen molar-refractivity contribution in [2.45, 2.75) is 57.5 Å². The first-order chi connectivity index (χ1) is 18.9. The van der Waals surface area contributed by atoms with Crippen LogP contribution < -0.4 is 10.6 Å². The Bertz CT molecular complexity index is 1490. The summed E-state index contributed by atoms with van der Waals surface area (Å²) in [5, 5.41) is 0. The fraction of sp³-hybridized carbons (Fsp3) is 0.423. The molecule has 1 saturated heterocycles. The van der Waals surface area contributed by atoms with Crippen LogP contribution in [0, 0.1) is 19.7 Å². The van der Waals surface area contributed by atoms with E-state index in [2.05, 4.69) is 24.9 Å². The Morgan fingerprint density at radius 1 is 1.10 bits per heavy atom. The number of nitrogens with two attached hydrogens (primary N) is 1. The van der Waals surface area contributed by atoms with E-state index in [1.165, 1.54) is 17.3 Å². The van der Waals surface area contributed by atoms with Crippen molar-refractivity contribution in [1.29, 1.82) is 0 Å². The summed E-state index contributed by atoms with van der Waals surface area (Å²) in [5.74, 6) is -1.27. The number of aromatic nitrogens is 4. The fourth-order valence-corrected chi connectivity index (χ4v) is 4.24. The molecule has 5 rings (SSSR count). The molecule has 2 N–H and O–H groups in total. The average Bonchev–Trinajstić information content (AvgIpc) is 3.73. The number of anilines is 1. The molecule has 212 valence electrons. The Kier molecular flexibility index (Phi) is 7.38. The molecule has 1 aromatic carbocycles. The predicted octanol–water partition coefficient (Wildman–Crippen LogP) is 4.78. The summed E-state index contributed by atoms with van der Waals surface area (Å²) in [6, 6.07) is 2.21. The van der Waals surface area contributed by atoms with Crippen molar-refractivity contribution < 1.29 is 31.1 Å². The van der Waals surface area contributed by atoms with Gasteiger partial charge in [-0.25, -0.2) is 28.1 Å². The van der Waals surface area contributed by atoms with Gasteiger partial charge in [0, 0.05) is 23.6 Å². The maximum Gasteiger partial charge on any atom is 0.416 e. The molecule has 0 amide bonds. The van der Waals surface area contributed by atoms with E-state index < -0.39 is 36.2 Å². The SMILES string of the molecule is Cc1nc2nc(N3CC(/C(C=NC4CC4)=C/N)OC(C(F)F)C3)nc(-c3ccc(C(F)(F)F)cc3F)c2nc1C. The number of fused-ring (bicyclic) bond motifs is 1. The van der Waals surface area contributed by atoms with E-state index in [0.29, 0.717) is 23.0 Å². The molecular formula is C26H25F6N7O. The Morgan fingerprint density at radius 2 is 1.82 bits per heavy atom. The maximum atomic E-state index is 15.1. The first-order valence-corrected chi connectivity index (χ1v) is 12.5. The van der Waals surface area contributed by atoms with Crippen molar-refractivity contribution in [3.63, 3.8) is 0 Å². The first kappa shape index (κ1) is 27.7. The minimum Gasteiger partial charge on any atom is -0.404 e. The summed E-state index contributed by atoms with van der Waals surface area (Å²) < 4.78 is 88.1. The Balaban J connectivity index is 1.61. The van der Waals surface area contributed by atoms with Gasteiger partial charge in [-0.1, -0.05) is 0 Å². The van der Waals surface area contributed by atoms with Crippen LogP contribution >= 0.6 is 0 Å². The molecule has 40 heavy (non-hydrogen) atoms. The molecule has 3 aromatic rings. The number of rotatable bonds is 6. The van der Waals surface area contributed by atoms with Gasteiger partial charge in [0.15, 0.2) is 5.65 Å². The van der Waals surface area contributed by atoms with Gasteiger partial charge in [-0.05, 0) is 44.9 Å². The van der Waals surface area contributed by atoms with Gasteiger partial charge < -0.3 is 15.4 Å². The lowest BCUT2D eigenvalue weighted by molar-refractivity contribution is -0.137. The van der Waals surface area contributed by atoms with Crippen LogP contribution in [-0.4, -0.2) is 63.9 Å². The first-order valence-electron chi connectivity index (χ1n) is 12.5. The van der Waals surface area contributed by atoms with Crippen molar-refractivity contribution in [2.24, 2.45) is 10.7 Å². The van der Waals surface area contributed by atoms with Crippen LogP contribution in [0.5, 0.6) is 0 Å². The monoisotopic (exact) mass is 565 g/mol. The topological polar surface area (TPSA) is 102 Å². The normalized spacial score (nSPS) is 20.7. The highest BCUT2D eigenvalue weighted by molar-refractivity contribution is 5.88. The highest BCUT2D eigenvalue weighted by atomic mass is 19.4. The van der Waals surface area contributed by atoms with Gasteiger partial charge in [0.25, 0.3) is 6.43 Å². The van der Waals surface area contributed by atoms with E-state index in [4.69, 9.17) is 10.5 Å². The summed E-state index contributed by atoms with van der Waals surface area (Å²) in [4.78, 5) is 23.5. The molecule has 1 aliphatic heterocycles. The van der Waals surface area contributed by atoms with Gasteiger partial charge in [-0.3, -0.25) is 4.99 Å². The summed E-state index contributed by atoms with van der Waals surface area (Å²) in [6.45, 7) is 3.02. The molecule has 3 heterocycles. The Labute approximate surface area is 225 Å². The summed E-state index contributed by atoms with van der Waals surface area (Å²) in [6.07, 6.45) is -5.45. The third kappa shape index (κ3) is 5.71. The summed E-state index contributed by atoms with van der Waals surface area (Å²) in [7, 11) is 0. The third-order valence-electron chi connectivity index (χ3n) is 6.72. The number of aliphatic imine (C=N–C) groups is 1. The van der Waals surface area contributed by atoms with Crippen molar-refractivity contribution >= 4 is 23.3 Å². The summed E-state index contributed by atoms with van der Waals surface area (Å²) >= 11 is 0. The van der Waals surface area contributed by atoms with Crippen LogP contribution in [0.4, 0.5) is 32.3 Å². The van der Waals surface area contributed by atoms with Gasteiger partial charge in [-0.2, -0.15) is 18.2 Å². The van der Waals surface area contributed by atoms with E-state index in [1.54, 1.807) is 13.8 Å². The molecule has 2 aliphatic rings. The number of aryl methyl sites for hydroxylation is 2. The molecule has 2 unspecified atom stereocenters. The highest BCUT2D eigenvalue weighted by Gasteiger charge is 2.37. The zero-order valence-corrected chi connectivity index (χ0v) is 21.5. The van der Waals surface area contributed by atoms with Crippen molar-refractivity contribution in [1.82, 2.24) is 19.9 Å². The number of halogens is 6. The number of benzene rings is 1. The van der Waals surface area contributed by atoms with Gasteiger partial charge in [0.1, 0.15) is 29.2 Å². The lowest BCUT2D eigenvalue weighted by atomic mass is 10.1. The van der Waals surface area contributed by atoms with Gasteiger partial charge in [0.2, 0.25) is 5.95 Å². The number of hydrogen-bond donors (Lipinski definition) is 1. The second kappa shape index (κ2) is 10.6. The fourth-order valence-electron chi connectivity index (χ4n) is 4.24. The minimum absolute atomic E-state index is 0.00164. The second-order valence-electron chi connectivity index (χ2n) is 9.71. The maximum absolute atomic E-state index is 15.1. The average molecular weight is 566 g/mol. The number of hydrogen-bond acceptors (Lipinski definition) is 8. The van der Waals surface area contributed by atoms with E-state index in [-0.39, 0.29) is 47.5 Å². The van der Waals surface area contributed by atoms with Crippen LogP contribution in [0.3, 0.4) is 0 Å². The van der Waals surface area contributed by atoms with Crippen molar-refractivity contribution in [3.8, 4) is 11.3 Å². The zero-order chi connectivity index (χ0) is 28.8. The number of ether oxygens (including phenoxy) is 1. The van der Waals surface area contributed by atoms with Crippen LogP contribution in [0.15, 0.2) is 35.0 Å². The van der Waals surface area contributed by atoms with E-state index >= 15 is 4.39 Å². The van der Waals surface area contributed by atoms with Gasteiger partial charge in [-0.15, -0.1) is 0 Å². The molecule has 0 bridgehead atoms. The van der Waals surface area contributed by atoms with E-state index in [1.807, 2.05) is 0 Å². The molecule has 1 aliphatic carbocycles. The molecule has 0 spiro atoms. The second-order valence-corrected chi connectivity index (χ2v) is 9.71. The molecule has 8 nitrogen and oxygen atoms in total. The smallest absolute Gasteiger partial charge is 0.404 e. The molecule has 0 radical (unpaired) electrons. The quantitative estimate of drug-likeness (QED) is 0.339. The number of morpholine rings is 1. The van der Waals surface area contributed by atoms with Crippen LogP contribution in [0.1, 0.15) is 29.8 Å². The van der Waals surface area contributed by atoms with Crippen LogP contribution in [0.25, 0.3) is 22.4 Å². The lowest BCUT2D eigenvalue weighted by Gasteiger charge is -2.38. The molecule has 2 fully saturated rings. The van der Waals surface area contributed by atoms with E-state index in [9.17, 15) is 22.0 Å². The standard InChI is InChI=1S/C26H25F6N7O/c1-12-13(2)36-24-22(35-12)21(17-6-3-15(7-18(17)27)26(30,31)32)37-25(38-24)39-10-19(40-20(11-39)23(28)29)14(8-33)9-34-16-4-5-16/h3,6-9,16,19-20,23H,4-5,10-11,33H2,1-2H3/b14-8+,34-9?. The molecule has 1 saturated carbocycles. The van der Waals surface area contributed by atoms with Crippen LogP contribution in [0.2, 0.25) is 0 Å². The van der Waals surface area contributed by atoms with Crippen molar-refractivity contribution in [3.05, 3.63) is 52.7 Å². The highest BCUT2D eigenvalue weighted by Crippen LogP contribution is 2.35. The molecule has 14 heteroatoms. The predicted molar refractivity (Wildman–Crippen MR) is 136 cm³/mol. The zero-order valence-electron chi connectivity index (χ0n) is 21.5. The van der Waals surface area contributed by atoms with E-state index in [0.717, 1.165) is 25.0 Å². The minimum atomic E-state index is -4.75. The Morgan fingerprint density at radius 3 is 2.45 bits per heavy atom. The molecular weight excluding hydrogens is 540 g/mol. The number of nitrogens with zero attached hydrogens (tertiary/aromatic N) is 6. The lowest BCUT2D eigenvalue weighted by Crippen LogP contribution is -2.51. The van der Waals surface area contributed by atoms with Crippen LogP contribution in [-0.2, 0) is 10.9 Å². The third-order valence-corrected chi connectivity index (χ3v) is 6.72. The summed E-state index contributed by atoms with van der Waals surface area (Å²) in [5.41, 5.74) is 5.67. The Hall–Kier alpha value is -3.81. The number of alkyl halides is 5. The molecule has 2 aromatic heterocycles.